The van der Waals surface area contributed by atoms with Gasteiger partial charge in [-0.25, -0.2) is 0 Å². The average Bonchev–Trinajstić information content (AvgIpc) is 3.25. The highest BCUT2D eigenvalue weighted by Crippen LogP contribution is 2.30. The van der Waals surface area contributed by atoms with Crippen molar-refractivity contribution in [2.45, 2.75) is 114 Å². The van der Waals surface area contributed by atoms with Gasteiger partial charge in [0, 0.05) is 48.8 Å². The number of unbranched alkanes of at least 4 members (excludes halogenated alkanes) is 4. The molecule has 2 atom stereocenters. The zero-order valence-electron chi connectivity index (χ0n) is 35.7. The SMILES string of the molecule is Cc1ccc(S(=O)(=O)OCCCCCCl)cc1.O=C1CCC(N2CCc3cc(O)ccc3C2=O)C(=O)C1.O=C1CCC(N2CCc3cc(OCCCCCCl)ccc3C2=O)C(=O)C1. The van der Waals surface area contributed by atoms with Gasteiger partial charge in [0.15, 0.2) is 11.6 Å². The first-order valence-corrected chi connectivity index (χ1v) is 24.1. The summed E-state index contributed by atoms with van der Waals surface area (Å²) in [4.78, 5) is 75.5. The summed E-state index contributed by atoms with van der Waals surface area (Å²) in [5.41, 5.74) is 3.97. The van der Waals surface area contributed by atoms with Gasteiger partial charge in [0.2, 0.25) is 0 Å². The lowest BCUT2D eigenvalue weighted by atomic mass is 9.89. The smallest absolute Gasteiger partial charge is 0.296 e. The van der Waals surface area contributed by atoms with Gasteiger partial charge in [-0.05, 0) is 131 Å². The molecule has 0 bridgehead atoms. The van der Waals surface area contributed by atoms with Gasteiger partial charge in [0.25, 0.3) is 21.9 Å². The second kappa shape index (κ2) is 23.9. The van der Waals surface area contributed by atoms with Crippen molar-refractivity contribution in [2.75, 3.05) is 38.1 Å². The predicted molar refractivity (Wildman–Crippen MR) is 238 cm³/mol. The molecule has 16 heteroatoms. The summed E-state index contributed by atoms with van der Waals surface area (Å²) in [6, 6.07) is 15.9. The van der Waals surface area contributed by atoms with E-state index in [-0.39, 0.29) is 65.0 Å². The quantitative estimate of drug-likeness (QED) is 0.0697. The molecule has 4 aliphatic rings. The lowest BCUT2D eigenvalue weighted by Crippen LogP contribution is -2.50. The van der Waals surface area contributed by atoms with Crippen molar-refractivity contribution >= 4 is 68.3 Å². The van der Waals surface area contributed by atoms with Gasteiger partial charge in [0.1, 0.15) is 23.1 Å². The van der Waals surface area contributed by atoms with Gasteiger partial charge in [0.05, 0.1) is 43.0 Å². The van der Waals surface area contributed by atoms with Crippen LogP contribution in [0.1, 0.15) is 114 Å². The summed E-state index contributed by atoms with van der Waals surface area (Å²) in [6.45, 7) is 3.73. The van der Waals surface area contributed by atoms with E-state index in [0.29, 0.717) is 87.5 Å². The number of carbonyl (C=O) groups excluding carboxylic acids is 6. The van der Waals surface area contributed by atoms with Crippen molar-refractivity contribution in [2.24, 2.45) is 0 Å². The number of rotatable bonds is 15. The number of benzene rings is 3. The molecule has 3 aromatic carbocycles. The van der Waals surface area contributed by atoms with Crippen LogP contribution in [-0.2, 0) is 46.3 Å². The Balaban J connectivity index is 0.000000183. The van der Waals surface area contributed by atoms with E-state index < -0.39 is 22.2 Å². The molecule has 7 rings (SSSR count). The Labute approximate surface area is 379 Å². The molecule has 2 heterocycles. The summed E-state index contributed by atoms with van der Waals surface area (Å²) in [6.07, 6.45) is 8.29. The van der Waals surface area contributed by atoms with Crippen LogP contribution in [0.25, 0.3) is 0 Å². The first-order chi connectivity index (χ1) is 30.2. The highest BCUT2D eigenvalue weighted by Gasteiger charge is 2.38. The van der Waals surface area contributed by atoms with Gasteiger partial charge >= 0.3 is 0 Å². The third-order valence-electron chi connectivity index (χ3n) is 11.4. The molecule has 2 amide bonds. The number of phenols is 1. The number of amides is 2. The van der Waals surface area contributed by atoms with Crippen molar-refractivity contribution in [3.63, 3.8) is 0 Å². The number of carbonyl (C=O) groups is 6. The lowest BCUT2D eigenvalue weighted by Gasteiger charge is -2.36. The zero-order chi connectivity index (χ0) is 45.5. The van der Waals surface area contributed by atoms with Crippen LogP contribution in [0.15, 0.2) is 65.6 Å². The number of nitrogens with zero attached hydrogens (tertiary/aromatic N) is 2. The third kappa shape index (κ3) is 13.9. The summed E-state index contributed by atoms with van der Waals surface area (Å²) in [7, 11) is -3.60. The molecule has 0 aromatic heterocycles. The summed E-state index contributed by atoms with van der Waals surface area (Å²) < 4.78 is 34.2. The maximum Gasteiger partial charge on any atom is 0.296 e. The fourth-order valence-corrected chi connectivity index (χ4v) is 9.24. The van der Waals surface area contributed by atoms with Crippen LogP contribution in [0.2, 0.25) is 0 Å². The largest absolute Gasteiger partial charge is 0.508 e. The number of aromatic hydroxyl groups is 1. The third-order valence-corrected chi connectivity index (χ3v) is 13.3. The van der Waals surface area contributed by atoms with Crippen LogP contribution in [0.5, 0.6) is 11.5 Å². The van der Waals surface area contributed by atoms with E-state index in [9.17, 15) is 42.3 Å². The Hall–Kier alpha value is -4.63. The summed E-state index contributed by atoms with van der Waals surface area (Å²) in [5.74, 6) is 1.54. The maximum absolute atomic E-state index is 12.8. The highest BCUT2D eigenvalue weighted by molar-refractivity contribution is 7.86. The second-order valence-electron chi connectivity index (χ2n) is 16.1. The van der Waals surface area contributed by atoms with Gasteiger partial charge in [-0.15, -0.1) is 23.2 Å². The molecule has 13 nitrogen and oxygen atoms in total. The van der Waals surface area contributed by atoms with E-state index in [1.54, 1.807) is 52.3 Å². The summed E-state index contributed by atoms with van der Waals surface area (Å²) in [5, 5.41) is 9.44. The number of alkyl halides is 2. The number of ketones is 4. The van der Waals surface area contributed by atoms with Crippen LogP contribution >= 0.6 is 23.2 Å². The number of ether oxygens (including phenoxy) is 1. The molecule has 2 aliphatic heterocycles. The number of hydrogen-bond acceptors (Lipinski definition) is 11. The molecule has 3 aromatic rings. The van der Waals surface area contributed by atoms with Crippen molar-refractivity contribution < 1.29 is 51.2 Å². The van der Waals surface area contributed by atoms with Gasteiger partial charge in [-0.2, -0.15) is 8.42 Å². The van der Waals surface area contributed by atoms with Crippen LogP contribution in [0.4, 0.5) is 0 Å². The van der Waals surface area contributed by atoms with Crippen molar-refractivity contribution in [3.05, 3.63) is 88.5 Å². The molecule has 0 radical (unpaired) electrons. The van der Waals surface area contributed by atoms with Crippen LogP contribution < -0.4 is 4.74 Å². The minimum absolute atomic E-state index is 0.0241. The van der Waals surface area contributed by atoms with Crippen molar-refractivity contribution in [1.29, 1.82) is 0 Å². The van der Waals surface area contributed by atoms with Gasteiger partial charge in [-0.1, -0.05) is 17.7 Å². The Morgan fingerprint density at radius 1 is 0.635 bits per heavy atom. The topological polar surface area (TPSA) is 182 Å². The van der Waals surface area contributed by atoms with Crippen LogP contribution in [0, 0.1) is 6.92 Å². The molecule has 0 saturated heterocycles. The molecule has 0 spiro atoms. The van der Waals surface area contributed by atoms with E-state index >= 15 is 0 Å². The minimum atomic E-state index is -3.60. The number of Topliss-reactive ketones (excluding diaryl/α,β-unsaturated/α-hetero) is 4. The number of aryl methyl sites for hydroxylation is 1. The second-order valence-corrected chi connectivity index (χ2v) is 18.4. The monoisotopic (exact) mass is 926 g/mol. The molecular formula is C47H56Cl2N2O11S. The molecule has 63 heavy (non-hydrogen) atoms. The molecule has 2 aliphatic carbocycles. The number of hydrogen-bond donors (Lipinski definition) is 1. The molecule has 2 fully saturated rings. The fraction of sp³-hybridized carbons (Fsp3) is 0.489. The first-order valence-electron chi connectivity index (χ1n) is 21.6. The van der Waals surface area contributed by atoms with E-state index in [0.717, 1.165) is 54.5 Å². The minimum Gasteiger partial charge on any atom is -0.508 e. The van der Waals surface area contributed by atoms with E-state index in [1.165, 1.54) is 6.07 Å². The highest BCUT2D eigenvalue weighted by atomic mass is 35.5. The Kier molecular flexibility index (Phi) is 18.7. The molecule has 2 unspecified atom stereocenters. The number of halogens is 2. The number of fused-ring (bicyclic) bond motifs is 2. The molecule has 340 valence electrons. The molecule has 2 saturated carbocycles. The predicted octanol–water partition coefficient (Wildman–Crippen LogP) is 7.35. The van der Waals surface area contributed by atoms with Gasteiger partial charge in [-0.3, -0.25) is 33.0 Å². The standard InChI is InChI=1S/C20H24ClNO4.C15H15NO4.C12H17ClO3S/c21-9-2-1-3-11-26-16-5-6-17-14(12-16)8-10-22(20(17)25)18-7-4-15(23)13-19(18)24;17-10-1-3-12-9(7-10)5-6-16(15(12)20)13-4-2-11(18)8-14(13)19;1-11-5-7-12(8-6-11)17(14,15)16-10-4-2-3-9-13/h5-6,12,18H,1-4,7-11,13H2;1,3,7,13,17H,2,4-6,8H2;5-8H,2-4,9-10H2,1H3. The zero-order valence-corrected chi connectivity index (χ0v) is 38.0. The van der Waals surface area contributed by atoms with E-state index in [1.807, 2.05) is 19.1 Å². The lowest BCUT2D eigenvalue weighted by molar-refractivity contribution is -0.134. The Bertz CT molecular complexity index is 2230. The van der Waals surface area contributed by atoms with Crippen LogP contribution in [-0.4, -0.2) is 108 Å². The van der Waals surface area contributed by atoms with Crippen LogP contribution in [0.3, 0.4) is 0 Å². The molecular weight excluding hydrogens is 871 g/mol. The van der Waals surface area contributed by atoms with E-state index in [2.05, 4.69) is 0 Å². The maximum atomic E-state index is 12.8. The Morgan fingerprint density at radius 3 is 1.67 bits per heavy atom. The number of phenolic OH excluding ortho intramolecular Hbond substituents is 1. The van der Waals surface area contributed by atoms with E-state index in [4.69, 9.17) is 32.1 Å². The van der Waals surface area contributed by atoms with Crippen molar-refractivity contribution in [1.82, 2.24) is 9.80 Å². The fourth-order valence-electron chi connectivity index (χ4n) is 7.92. The molecule has 1 N–H and O–H groups in total. The summed E-state index contributed by atoms with van der Waals surface area (Å²) >= 11 is 11.2. The normalized spacial score (nSPS) is 18.8. The van der Waals surface area contributed by atoms with Gasteiger partial charge < -0.3 is 19.6 Å². The Morgan fingerprint density at radius 2 is 1.14 bits per heavy atom. The van der Waals surface area contributed by atoms with Crippen molar-refractivity contribution in [3.8, 4) is 11.5 Å². The average molecular weight is 928 g/mol. The first kappa shape index (κ1) is 49.4.